The minimum absolute atomic E-state index is 0.0979. The van der Waals surface area contributed by atoms with Crippen LogP contribution in [0.4, 0.5) is 9.59 Å². The molecule has 0 saturated carbocycles. The second-order valence-corrected chi connectivity index (χ2v) is 12.9. The number of carboxylic acid groups (broad SMARTS) is 1. The van der Waals surface area contributed by atoms with E-state index in [1.807, 2.05) is 73.7 Å². The van der Waals surface area contributed by atoms with Gasteiger partial charge in [-0.05, 0) is 91.3 Å². The summed E-state index contributed by atoms with van der Waals surface area (Å²) in [7, 11) is 3.00. The largest absolute Gasteiger partial charge is 0.496 e. The molecule has 54 heavy (non-hydrogen) atoms. The molecular weight excluding hydrogens is 688 g/mol. The molecule has 0 fully saturated rings. The first kappa shape index (κ1) is 40.7. The number of amides is 2. The van der Waals surface area contributed by atoms with Gasteiger partial charge in [0.25, 0.3) is 0 Å². The quantitative estimate of drug-likeness (QED) is 0.140. The molecule has 0 aliphatic carbocycles. The Bertz CT molecular complexity index is 1920. The van der Waals surface area contributed by atoms with Crippen LogP contribution in [0.15, 0.2) is 96.6 Å². The maximum Gasteiger partial charge on any atom is 0.410 e. The van der Waals surface area contributed by atoms with Gasteiger partial charge in [0.05, 0.1) is 19.8 Å². The first-order valence-electron chi connectivity index (χ1n) is 17.7. The SMILES string of the molecule is CC=C(C)C.COc1cc2c(cc1C(=O)O)CN(C(=O)OCc1ccccc1)CC2.COc1cc2c(cc1C=O)CN(C(=O)OCc1ccccc1)CC2. The van der Waals surface area contributed by atoms with Gasteiger partial charge < -0.3 is 33.9 Å². The van der Waals surface area contributed by atoms with Crippen LogP contribution in [0.25, 0.3) is 0 Å². The number of hydrogen-bond acceptors (Lipinski definition) is 8. The molecule has 4 aromatic rings. The fraction of sp³-hybridized carbons (Fsp3) is 0.302. The van der Waals surface area contributed by atoms with Gasteiger partial charge in [-0.1, -0.05) is 72.3 Å². The van der Waals surface area contributed by atoms with Crippen LogP contribution in [0, 0.1) is 0 Å². The summed E-state index contributed by atoms with van der Waals surface area (Å²) in [5, 5.41) is 9.30. The van der Waals surface area contributed by atoms with Crippen molar-refractivity contribution >= 4 is 24.4 Å². The lowest BCUT2D eigenvalue weighted by atomic mass is 9.96. The van der Waals surface area contributed by atoms with Gasteiger partial charge in [0, 0.05) is 26.2 Å². The summed E-state index contributed by atoms with van der Waals surface area (Å²) < 4.78 is 21.1. The highest BCUT2D eigenvalue weighted by Gasteiger charge is 2.26. The summed E-state index contributed by atoms with van der Waals surface area (Å²) in [5.41, 5.74) is 7.71. The lowest BCUT2D eigenvalue weighted by molar-refractivity contribution is 0.0692. The van der Waals surface area contributed by atoms with Gasteiger partial charge in [0.1, 0.15) is 30.3 Å². The van der Waals surface area contributed by atoms with Gasteiger partial charge in [-0.3, -0.25) is 4.79 Å². The Labute approximate surface area is 316 Å². The normalized spacial score (nSPS) is 12.5. The highest BCUT2D eigenvalue weighted by Crippen LogP contribution is 2.29. The number of nitrogens with zero attached hydrogens (tertiary/aromatic N) is 2. The summed E-state index contributed by atoms with van der Waals surface area (Å²) in [6.07, 6.45) is 3.46. The van der Waals surface area contributed by atoms with E-state index in [0.29, 0.717) is 56.1 Å². The van der Waals surface area contributed by atoms with Gasteiger partial charge in [-0.2, -0.15) is 0 Å². The standard InChI is InChI=1S/C19H19NO5.C19H19NO4.C5H10/c1-24-17-10-14-7-8-20(11-15(14)9-16(17)18(21)22)19(23)25-12-13-5-3-2-4-6-13;1-23-18-10-15-7-8-20(11-16(15)9-17(18)12-21)19(22)24-13-14-5-3-2-4-6-14;1-4-5(2)3/h2-6,9-10H,7-8,11-12H2,1H3,(H,21,22);2-6,9-10,12H,7-8,11,13H2,1H3;4H,1-3H3. The zero-order valence-electron chi connectivity index (χ0n) is 31.5. The number of carboxylic acids is 1. The highest BCUT2D eigenvalue weighted by molar-refractivity contribution is 5.91. The molecule has 0 saturated heterocycles. The number of aromatic carboxylic acids is 1. The Morgan fingerprint density at radius 3 is 1.54 bits per heavy atom. The summed E-state index contributed by atoms with van der Waals surface area (Å²) in [4.78, 5) is 50.3. The number of ether oxygens (including phenoxy) is 4. The predicted octanol–water partition coefficient (Wildman–Crippen LogP) is 8.26. The minimum atomic E-state index is -1.05. The first-order chi connectivity index (χ1) is 26.1. The van der Waals surface area contributed by atoms with Crippen molar-refractivity contribution < 1.29 is 43.2 Å². The van der Waals surface area contributed by atoms with Crippen LogP contribution in [0.3, 0.4) is 0 Å². The molecule has 4 aromatic carbocycles. The second-order valence-electron chi connectivity index (χ2n) is 12.9. The van der Waals surface area contributed by atoms with Gasteiger partial charge in [-0.15, -0.1) is 0 Å². The van der Waals surface area contributed by atoms with Crippen molar-refractivity contribution in [2.75, 3.05) is 27.3 Å². The number of aldehydes is 1. The molecule has 2 aliphatic rings. The number of rotatable bonds is 8. The second kappa shape index (κ2) is 20.2. The molecule has 11 heteroatoms. The Morgan fingerprint density at radius 2 is 1.13 bits per heavy atom. The molecule has 2 amide bonds. The van der Waals surface area contributed by atoms with E-state index in [9.17, 15) is 24.3 Å². The van der Waals surface area contributed by atoms with Crippen LogP contribution in [0.1, 0.15) is 74.9 Å². The summed E-state index contributed by atoms with van der Waals surface area (Å²) in [6, 6.07) is 26.0. The third-order valence-electron chi connectivity index (χ3n) is 8.96. The number of fused-ring (bicyclic) bond motifs is 2. The number of carbonyl (C=O) groups is 4. The van der Waals surface area contributed by atoms with Crippen LogP contribution in [-0.4, -0.2) is 66.7 Å². The molecular formula is C43H48N2O9. The number of hydrogen-bond donors (Lipinski definition) is 1. The van der Waals surface area contributed by atoms with Crippen molar-refractivity contribution in [3.63, 3.8) is 0 Å². The van der Waals surface area contributed by atoms with E-state index >= 15 is 0 Å². The zero-order valence-corrected chi connectivity index (χ0v) is 31.5. The fourth-order valence-corrected chi connectivity index (χ4v) is 5.73. The van der Waals surface area contributed by atoms with Crippen LogP contribution >= 0.6 is 0 Å². The van der Waals surface area contributed by atoms with Gasteiger partial charge in [0.15, 0.2) is 6.29 Å². The van der Waals surface area contributed by atoms with Crippen molar-refractivity contribution in [3.05, 3.63) is 141 Å². The molecule has 0 radical (unpaired) electrons. The van der Waals surface area contributed by atoms with E-state index < -0.39 is 12.1 Å². The number of methoxy groups -OCH3 is 2. The molecule has 0 atom stereocenters. The third kappa shape index (κ3) is 11.4. The Hall–Kier alpha value is -6.10. The average Bonchev–Trinajstić information content (AvgIpc) is 3.21. The van der Waals surface area contributed by atoms with Crippen molar-refractivity contribution in [1.82, 2.24) is 9.80 Å². The van der Waals surface area contributed by atoms with E-state index in [2.05, 4.69) is 19.9 Å². The summed E-state index contributed by atoms with van der Waals surface area (Å²) in [5.74, 6) is -0.140. The topological polar surface area (TPSA) is 132 Å². The van der Waals surface area contributed by atoms with E-state index in [0.717, 1.165) is 39.7 Å². The van der Waals surface area contributed by atoms with E-state index in [1.54, 1.807) is 35.1 Å². The molecule has 0 unspecified atom stereocenters. The number of allylic oxidation sites excluding steroid dienone is 2. The van der Waals surface area contributed by atoms with Crippen LogP contribution in [0.2, 0.25) is 0 Å². The molecule has 11 nitrogen and oxygen atoms in total. The monoisotopic (exact) mass is 736 g/mol. The van der Waals surface area contributed by atoms with Crippen LogP contribution in [0.5, 0.6) is 11.5 Å². The third-order valence-corrected chi connectivity index (χ3v) is 8.96. The maximum absolute atomic E-state index is 12.3. The number of carbonyl (C=O) groups excluding carboxylic acids is 3. The summed E-state index contributed by atoms with van der Waals surface area (Å²) >= 11 is 0. The zero-order chi connectivity index (χ0) is 39.0. The van der Waals surface area contributed by atoms with Crippen molar-refractivity contribution in [3.8, 4) is 11.5 Å². The maximum atomic E-state index is 12.3. The Morgan fingerprint density at radius 1 is 0.685 bits per heavy atom. The highest BCUT2D eigenvalue weighted by atomic mass is 16.6. The fourth-order valence-electron chi connectivity index (χ4n) is 5.73. The minimum Gasteiger partial charge on any atom is -0.496 e. The van der Waals surface area contributed by atoms with E-state index in [4.69, 9.17) is 18.9 Å². The number of benzene rings is 4. The van der Waals surface area contributed by atoms with Crippen LogP contribution in [-0.2, 0) is 48.6 Å². The molecule has 284 valence electrons. The molecule has 1 N–H and O–H groups in total. The van der Waals surface area contributed by atoms with Crippen molar-refractivity contribution in [2.24, 2.45) is 0 Å². The van der Waals surface area contributed by atoms with Gasteiger partial charge >= 0.3 is 18.2 Å². The molecule has 2 heterocycles. The predicted molar refractivity (Wildman–Crippen MR) is 205 cm³/mol. The smallest absolute Gasteiger partial charge is 0.410 e. The lowest BCUT2D eigenvalue weighted by Gasteiger charge is -2.28. The van der Waals surface area contributed by atoms with Gasteiger partial charge in [0.2, 0.25) is 0 Å². The lowest BCUT2D eigenvalue weighted by Crippen LogP contribution is -2.36. The Balaban J connectivity index is 0.000000214. The molecule has 0 bridgehead atoms. The van der Waals surface area contributed by atoms with Crippen molar-refractivity contribution in [2.45, 2.75) is 59.9 Å². The molecule has 6 rings (SSSR count). The molecule has 0 spiro atoms. The van der Waals surface area contributed by atoms with Gasteiger partial charge in [-0.25, -0.2) is 14.4 Å². The molecule has 0 aromatic heterocycles. The van der Waals surface area contributed by atoms with Crippen molar-refractivity contribution in [1.29, 1.82) is 0 Å². The first-order valence-corrected chi connectivity index (χ1v) is 17.7. The summed E-state index contributed by atoms with van der Waals surface area (Å²) in [6.45, 7) is 8.55. The molecule has 2 aliphatic heterocycles. The van der Waals surface area contributed by atoms with Crippen LogP contribution < -0.4 is 9.47 Å². The Kier molecular flexibility index (Phi) is 15.2. The van der Waals surface area contributed by atoms with E-state index in [-0.39, 0.29) is 24.9 Å². The average molecular weight is 737 g/mol. The van der Waals surface area contributed by atoms with E-state index in [1.165, 1.54) is 12.7 Å².